The molecule has 0 saturated carbocycles. The third-order valence-electron chi connectivity index (χ3n) is 2.13. The molecule has 5 heteroatoms. The fourth-order valence-electron chi connectivity index (χ4n) is 1.30. The van der Waals surface area contributed by atoms with Crippen molar-refractivity contribution in [1.29, 1.82) is 0 Å². The molecule has 0 heterocycles. The van der Waals surface area contributed by atoms with E-state index in [4.69, 9.17) is 5.73 Å². The summed E-state index contributed by atoms with van der Waals surface area (Å²) in [5.41, 5.74) is 3.78. The molecule has 1 aromatic rings. The van der Waals surface area contributed by atoms with Crippen LogP contribution in [0.2, 0.25) is 0 Å². The zero-order valence-corrected chi connectivity index (χ0v) is 9.30. The fraction of sp³-hybridized carbons (Fsp3) is 0.400. The number of aryl methyl sites for hydroxylation is 1. The largest absolute Gasteiger partial charge is 0.330 e. The maximum Gasteiger partial charge on any atom is 0.210 e. The van der Waals surface area contributed by atoms with Crippen LogP contribution in [0.3, 0.4) is 0 Å². The van der Waals surface area contributed by atoms with E-state index in [1.54, 1.807) is 25.1 Å². The smallest absolute Gasteiger partial charge is 0.210 e. The molecule has 1 aromatic carbocycles. The van der Waals surface area contributed by atoms with Crippen LogP contribution in [0.25, 0.3) is 0 Å². The van der Waals surface area contributed by atoms with Gasteiger partial charge in [0.2, 0.25) is 15.3 Å². The normalized spacial score (nSPS) is 13.8. The van der Waals surface area contributed by atoms with E-state index < -0.39 is 15.3 Å². The Morgan fingerprint density at radius 2 is 2.00 bits per heavy atom. The van der Waals surface area contributed by atoms with E-state index in [-0.39, 0.29) is 17.9 Å². The molecule has 0 saturated heterocycles. The van der Waals surface area contributed by atoms with Crippen LogP contribution in [0, 0.1) is 6.92 Å². The third kappa shape index (κ3) is 2.54. The van der Waals surface area contributed by atoms with Crippen molar-refractivity contribution in [1.82, 2.24) is 0 Å². The van der Waals surface area contributed by atoms with Gasteiger partial charge in [0.05, 0.1) is 4.90 Å². The Morgan fingerprint density at radius 3 is 2.53 bits per heavy atom. The van der Waals surface area contributed by atoms with Gasteiger partial charge in [-0.05, 0) is 25.1 Å². The van der Waals surface area contributed by atoms with Crippen LogP contribution in [-0.2, 0) is 9.84 Å². The minimum atomic E-state index is -3.88. The standard InChI is InChI=1S/C10H14FNO2S/c1-8-4-2-3-5-9(8)15(13,14)10(11)6-7-12/h2-5,10H,6-7,12H2,1H3. The van der Waals surface area contributed by atoms with Crippen molar-refractivity contribution in [3.8, 4) is 0 Å². The van der Waals surface area contributed by atoms with Gasteiger partial charge >= 0.3 is 0 Å². The van der Waals surface area contributed by atoms with E-state index in [1.165, 1.54) is 6.07 Å². The molecule has 0 amide bonds. The molecule has 2 N–H and O–H groups in total. The van der Waals surface area contributed by atoms with E-state index in [9.17, 15) is 12.8 Å². The average molecular weight is 231 g/mol. The summed E-state index contributed by atoms with van der Waals surface area (Å²) in [7, 11) is -3.88. The highest BCUT2D eigenvalue weighted by Gasteiger charge is 2.27. The van der Waals surface area contributed by atoms with Crippen LogP contribution in [-0.4, -0.2) is 20.5 Å². The molecule has 15 heavy (non-hydrogen) atoms. The van der Waals surface area contributed by atoms with Crippen molar-refractivity contribution in [3.05, 3.63) is 29.8 Å². The van der Waals surface area contributed by atoms with Crippen LogP contribution >= 0.6 is 0 Å². The Balaban J connectivity index is 3.12. The van der Waals surface area contributed by atoms with Gasteiger partial charge in [-0.1, -0.05) is 18.2 Å². The van der Waals surface area contributed by atoms with Gasteiger partial charge in [-0.3, -0.25) is 0 Å². The minimum Gasteiger partial charge on any atom is -0.330 e. The van der Waals surface area contributed by atoms with Gasteiger partial charge in [0.1, 0.15) is 0 Å². The maximum atomic E-state index is 13.4. The first-order chi connectivity index (χ1) is 7.00. The number of benzene rings is 1. The molecule has 0 bridgehead atoms. The van der Waals surface area contributed by atoms with E-state index in [1.807, 2.05) is 0 Å². The Labute approximate surface area is 89.0 Å². The molecule has 1 unspecified atom stereocenters. The molecule has 0 fully saturated rings. The van der Waals surface area contributed by atoms with Gasteiger partial charge < -0.3 is 5.73 Å². The van der Waals surface area contributed by atoms with Crippen molar-refractivity contribution in [2.24, 2.45) is 5.73 Å². The zero-order chi connectivity index (χ0) is 11.5. The highest BCUT2D eigenvalue weighted by molar-refractivity contribution is 7.92. The van der Waals surface area contributed by atoms with Crippen LogP contribution in [0.5, 0.6) is 0 Å². The van der Waals surface area contributed by atoms with Crippen molar-refractivity contribution < 1.29 is 12.8 Å². The van der Waals surface area contributed by atoms with Gasteiger partial charge in [-0.15, -0.1) is 0 Å². The number of nitrogens with two attached hydrogens (primary N) is 1. The first-order valence-corrected chi connectivity index (χ1v) is 6.18. The fourth-order valence-corrected chi connectivity index (χ4v) is 2.81. The summed E-state index contributed by atoms with van der Waals surface area (Å²) in [6.07, 6.45) is -0.170. The first-order valence-electron chi connectivity index (χ1n) is 4.64. The van der Waals surface area contributed by atoms with E-state index >= 15 is 0 Å². The molecule has 84 valence electrons. The Kier molecular flexibility index (Phi) is 3.82. The third-order valence-corrected chi connectivity index (χ3v) is 4.11. The number of hydrogen-bond acceptors (Lipinski definition) is 3. The molecule has 1 rings (SSSR count). The van der Waals surface area contributed by atoms with Crippen molar-refractivity contribution in [2.45, 2.75) is 23.7 Å². The highest BCUT2D eigenvalue weighted by Crippen LogP contribution is 2.21. The lowest BCUT2D eigenvalue weighted by molar-refractivity contribution is 0.402. The lowest BCUT2D eigenvalue weighted by atomic mass is 10.2. The lowest BCUT2D eigenvalue weighted by Crippen LogP contribution is -2.20. The van der Waals surface area contributed by atoms with Gasteiger partial charge in [0.15, 0.2) is 0 Å². The van der Waals surface area contributed by atoms with Crippen LogP contribution < -0.4 is 5.73 Å². The molecule has 0 spiro atoms. The zero-order valence-electron chi connectivity index (χ0n) is 8.48. The lowest BCUT2D eigenvalue weighted by Gasteiger charge is -2.10. The quantitative estimate of drug-likeness (QED) is 0.852. The van der Waals surface area contributed by atoms with E-state index in [0.29, 0.717) is 5.56 Å². The predicted octanol–water partition coefficient (Wildman–Crippen LogP) is 1.41. The topological polar surface area (TPSA) is 60.2 Å². The number of alkyl halides is 1. The summed E-state index contributed by atoms with van der Waals surface area (Å²) in [4.78, 5) is 0.0472. The first kappa shape index (κ1) is 12.1. The molecule has 0 radical (unpaired) electrons. The van der Waals surface area contributed by atoms with Gasteiger partial charge in [0.25, 0.3) is 0 Å². The second kappa shape index (κ2) is 4.72. The summed E-state index contributed by atoms with van der Waals surface area (Å²) in [6.45, 7) is 1.66. The number of rotatable bonds is 4. The summed E-state index contributed by atoms with van der Waals surface area (Å²) in [5.74, 6) is 0. The number of sulfone groups is 1. The Hall–Kier alpha value is -0.940. The summed E-state index contributed by atoms with van der Waals surface area (Å²) in [5, 5.41) is 0. The van der Waals surface area contributed by atoms with Gasteiger partial charge in [-0.2, -0.15) is 0 Å². The average Bonchev–Trinajstić information content (AvgIpc) is 2.18. The summed E-state index contributed by atoms with van der Waals surface area (Å²) < 4.78 is 36.8. The number of hydrogen-bond donors (Lipinski definition) is 1. The molecule has 0 aliphatic rings. The van der Waals surface area contributed by atoms with Crippen molar-refractivity contribution in [3.63, 3.8) is 0 Å². The van der Waals surface area contributed by atoms with Crippen molar-refractivity contribution >= 4 is 9.84 Å². The predicted molar refractivity (Wildman–Crippen MR) is 56.9 cm³/mol. The molecular weight excluding hydrogens is 217 g/mol. The maximum absolute atomic E-state index is 13.4. The van der Waals surface area contributed by atoms with Crippen LogP contribution in [0.1, 0.15) is 12.0 Å². The second-order valence-electron chi connectivity index (χ2n) is 3.30. The minimum absolute atomic E-state index is 0.0201. The monoisotopic (exact) mass is 231 g/mol. The Morgan fingerprint density at radius 1 is 1.40 bits per heavy atom. The van der Waals surface area contributed by atoms with Gasteiger partial charge in [-0.25, -0.2) is 12.8 Å². The molecule has 0 aromatic heterocycles. The molecule has 0 aliphatic heterocycles. The van der Waals surface area contributed by atoms with Crippen LogP contribution in [0.15, 0.2) is 29.2 Å². The van der Waals surface area contributed by atoms with Crippen molar-refractivity contribution in [2.75, 3.05) is 6.54 Å². The second-order valence-corrected chi connectivity index (χ2v) is 5.34. The summed E-state index contributed by atoms with van der Waals surface area (Å²) >= 11 is 0. The molecular formula is C10H14FNO2S. The molecule has 1 atom stereocenters. The Bertz CT molecular complexity index is 431. The molecule has 0 aliphatic carbocycles. The molecule has 3 nitrogen and oxygen atoms in total. The van der Waals surface area contributed by atoms with Crippen LogP contribution in [0.4, 0.5) is 4.39 Å². The summed E-state index contributed by atoms with van der Waals surface area (Å²) in [6, 6.07) is 6.34. The van der Waals surface area contributed by atoms with E-state index in [2.05, 4.69) is 0 Å². The van der Waals surface area contributed by atoms with Gasteiger partial charge in [0, 0.05) is 6.42 Å². The SMILES string of the molecule is Cc1ccccc1S(=O)(=O)C(F)CCN. The highest BCUT2D eigenvalue weighted by atomic mass is 32.2. The van der Waals surface area contributed by atoms with E-state index in [0.717, 1.165) is 0 Å². The number of halogens is 1.